The molecule has 0 aliphatic rings. The molecule has 0 saturated heterocycles. The van der Waals surface area contributed by atoms with Crippen LogP contribution in [0.3, 0.4) is 0 Å². The van der Waals surface area contributed by atoms with E-state index < -0.39 is 6.09 Å². The van der Waals surface area contributed by atoms with Crippen LogP contribution >= 0.6 is 0 Å². The molecular formula is C18H27NO3. The minimum atomic E-state index is -0.498. The molecule has 4 nitrogen and oxygen atoms in total. The predicted octanol–water partition coefficient (Wildman–Crippen LogP) is 5.86. The van der Waals surface area contributed by atoms with Crippen LogP contribution in [-0.2, 0) is 11.3 Å². The largest absolute Gasteiger partial charge is 0.466 e. The van der Waals surface area contributed by atoms with E-state index in [1.807, 2.05) is 18.2 Å². The summed E-state index contributed by atoms with van der Waals surface area (Å²) in [7, 11) is 0. The number of furan rings is 1. The average molecular weight is 305 g/mol. The average Bonchev–Trinajstić information content (AvgIpc) is 3.01. The third kappa shape index (κ3) is 10.5. The van der Waals surface area contributed by atoms with Crippen molar-refractivity contribution in [3.63, 3.8) is 0 Å². The van der Waals surface area contributed by atoms with E-state index in [4.69, 9.17) is 9.15 Å². The van der Waals surface area contributed by atoms with Crippen LogP contribution in [0.4, 0.5) is 10.5 Å². The number of nitrogens with one attached hydrogen (secondary N) is 1. The lowest BCUT2D eigenvalue weighted by Crippen LogP contribution is -2.13. The van der Waals surface area contributed by atoms with Gasteiger partial charge in [0.1, 0.15) is 5.76 Å². The first kappa shape index (κ1) is 19.8. The van der Waals surface area contributed by atoms with E-state index in [1.54, 1.807) is 24.3 Å². The van der Waals surface area contributed by atoms with Gasteiger partial charge in [-0.3, -0.25) is 5.32 Å². The lowest BCUT2D eigenvalue weighted by atomic mass is 10.3. The molecule has 0 saturated carbocycles. The number of ether oxygens (including phenoxy) is 1. The molecule has 2 rings (SSSR count). The van der Waals surface area contributed by atoms with Crippen molar-refractivity contribution in [3.8, 4) is 0 Å². The molecule has 0 fully saturated rings. The fraction of sp³-hybridized carbons (Fsp3) is 0.389. The van der Waals surface area contributed by atoms with Crippen molar-refractivity contribution in [3.05, 3.63) is 54.5 Å². The first-order valence-electron chi connectivity index (χ1n) is 7.68. The molecular weight excluding hydrogens is 278 g/mol. The number of amides is 1. The van der Waals surface area contributed by atoms with Gasteiger partial charge >= 0.3 is 6.09 Å². The zero-order valence-electron chi connectivity index (χ0n) is 14.0. The SMILES string of the molecule is CCC.CCC.O=C(Nc1ccccc1)OCc1ccco1. The van der Waals surface area contributed by atoms with Crippen LogP contribution in [0.15, 0.2) is 53.1 Å². The minimum absolute atomic E-state index is 0.131. The maximum Gasteiger partial charge on any atom is 0.412 e. The zero-order chi connectivity index (χ0) is 16.6. The number of carbonyl (C=O) groups excluding carboxylic acids is 1. The molecule has 1 heterocycles. The Bertz CT molecular complexity index is 464. The third-order valence-electron chi connectivity index (χ3n) is 1.95. The number of hydrogen-bond acceptors (Lipinski definition) is 3. The summed E-state index contributed by atoms with van der Waals surface area (Å²) in [6.07, 6.45) is 3.54. The van der Waals surface area contributed by atoms with Crippen molar-refractivity contribution < 1.29 is 13.9 Å². The van der Waals surface area contributed by atoms with Gasteiger partial charge in [-0.2, -0.15) is 0 Å². The van der Waals surface area contributed by atoms with Gasteiger partial charge in [-0.15, -0.1) is 0 Å². The Morgan fingerprint density at radius 1 is 1.00 bits per heavy atom. The molecule has 1 aromatic carbocycles. The highest BCUT2D eigenvalue weighted by molar-refractivity contribution is 5.84. The second kappa shape index (κ2) is 13.7. The fourth-order valence-electron chi connectivity index (χ4n) is 1.21. The molecule has 0 aliphatic carbocycles. The summed E-state index contributed by atoms with van der Waals surface area (Å²) in [5.41, 5.74) is 0.701. The molecule has 0 bridgehead atoms. The number of rotatable bonds is 3. The van der Waals surface area contributed by atoms with E-state index in [0.29, 0.717) is 11.4 Å². The molecule has 4 heteroatoms. The van der Waals surface area contributed by atoms with Crippen LogP contribution in [0.5, 0.6) is 0 Å². The summed E-state index contributed by atoms with van der Waals surface area (Å²) in [6, 6.07) is 12.6. The van der Waals surface area contributed by atoms with Gasteiger partial charge in [-0.1, -0.05) is 58.7 Å². The van der Waals surface area contributed by atoms with Crippen LogP contribution in [0, 0.1) is 0 Å². The highest BCUT2D eigenvalue weighted by Gasteiger charge is 2.04. The van der Waals surface area contributed by atoms with Gasteiger partial charge in [0.05, 0.1) is 6.26 Å². The van der Waals surface area contributed by atoms with Crippen LogP contribution in [0.1, 0.15) is 46.3 Å². The van der Waals surface area contributed by atoms with Crippen molar-refractivity contribution in [2.24, 2.45) is 0 Å². The standard InChI is InChI=1S/C12H11NO3.2C3H8/c14-12(13-10-5-2-1-3-6-10)16-9-11-7-4-8-15-11;2*1-3-2/h1-8H,9H2,(H,13,14);2*3H2,1-2H3. The number of para-hydroxylation sites is 1. The molecule has 0 radical (unpaired) electrons. The van der Waals surface area contributed by atoms with Crippen molar-refractivity contribution in [2.45, 2.75) is 47.1 Å². The maximum atomic E-state index is 11.3. The van der Waals surface area contributed by atoms with Crippen LogP contribution in [0.25, 0.3) is 0 Å². The van der Waals surface area contributed by atoms with Gasteiger partial charge in [0, 0.05) is 5.69 Å². The van der Waals surface area contributed by atoms with E-state index >= 15 is 0 Å². The van der Waals surface area contributed by atoms with Gasteiger partial charge in [-0.25, -0.2) is 4.79 Å². The number of benzene rings is 1. The third-order valence-corrected chi connectivity index (χ3v) is 1.95. The predicted molar refractivity (Wildman–Crippen MR) is 90.9 cm³/mol. The zero-order valence-corrected chi connectivity index (χ0v) is 14.0. The molecule has 0 spiro atoms. The highest BCUT2D eigenvalue weighted by Crippen LogP contribution is 2.07. The van der Waals surface area contributed by atoms with Crippen LogP contribution < -0.4 is 5.32 Å². The van der Waals surface area contributed by atoms with Crippen LogP contribution in [0.2, 0.25) is 0 Å². The van der Waals surface area contributed by atoms with Gasteiger partial charge in [0.2, 0.25) is 0 Å². The first-order valence-corrected chi connectivity index (χ1v) is 7.68. The molecule has 0 aliphatic heterocycles. The summed E-state index contributed by atoms with van der Waals surface area (Å²) >= 11 is 0. The Morgan fingerprint density at radius 2 is 1.59 bits per heavy atom. The molecule has 2 aromatic rings. The van der Waals surface area contributed by atoms with Crippen molar-refractivity contribution in [1.82, 2.24) is 0 Å². The summed E-state index contributed by atoms with van der Waals surface area (Å²) in [5, 5.41) is 2.60. The summed E-state index contributed by atoms with van der Waals surface area (Å²) in [6.45, 7) is 8.63. The lowest BCUT2D eigenvalue weighted by molar-refractivity contribution is 0.146. The molecule has 0 atom stereocenters. The Kier molecular flexibility index (Phi) is 12.3. The normalized spacial score (nSPS) is 8.73. The molecule has 22 heavy (non-hydrogen) atoms. The number of anilines is 1. The Morgan fingerprint density at radius 3 is 2.09 bits per heavy atom. The second-order valence-electron chi connectivity index (χ2n) is 4.56. The summed E-state index contributed by atoms with van der Waals surface area (Å²) < 4.78 is 9.98. The van der Waals surface area contributed by atoms with Crippen molar-refractivity contribution >= 4 is 11.8 Å². The topological polar surface area (TPSA) is 51.5 Å². The molecule has 0 unspecified atom stereocenters. The number of hydrogen-bond donors (Lipinski definition) is 1. The Labute approximate surface area is 133 Å². The van der Waals surface area contributed by atoms with Gasteiger partial charge in [0.25, 0.3) is 0 Å². The van der Waals surface area contributed by atoms with E-state index in [1.165, 1.54) is 19.1 Å². The van der Waals surface area contributed by atoms with E-state index in [2.05, 4.69) is 33.0 Å². The Balaban J connectivity index is 0.000000639. The second-order valence-corrected chi connectivity index (χ2v) is 4.56. The monoisotopic (exact) mass is 305 g/mol. The molecule has 1 aromatic heterocycles. The maximum absolute atomic E-state index is 11.3. The molecule has 1 amide bonds. The Hall–Kier alpha value is -2.23. The highest BCUT2D eigenvalue weighted by atomic mass is 16.6. The van der Waals surface area contributed by atoms with E-state index in [9.17, 15) is 4.79 Å². The van der Waals surface area contributed by atoms with Gasteiger partial charge < -0.3 is 9.15 Å². The first-order chi connectivity index (χ1) is 10.7. The van der Waals surface area contributed by atoms with E-state index in [-0.39, 0.29) is 6.61 Å². The minimum Gasteiger partial charge on any atom is -0.466 e. The fourth-order valence-corrected chi connectivity index (χ4v) is 1.21. The van der Waals surface area contributed by atoms with Crippen LogP contribution in [-0.4, -0.2) is 6.09 Å². The summed E-state index contributed by atoms with van der Waals surface area (Å²) in [4.78, 5) is 11.3. The lowest BCUT2D eigenvalue weighted by Gasteiger charge is -2.04. The summed E-state index contributed by atoms with van der Waals surface area (Å²) in [5.74, 6) is 0.614. The molecule has 1 N–H and O–H groups in total. The molecule has 122 valence electrons. The number of carbonyl (C=O) groups is 1. The van der Waals surface area contributed by atoms with E-state index in [0.717, 1.165) is 0 Å². The van der Waals surface area contributed by atoms with Gasteiger partial charge in [0.15, 0.2) is 6.61 Å². The van der Waals surface area contributed by atoms with Crippen molar-refractivity contribution in [2.75, 3.05) is 5.32 Å². The van der Waals surface area contributed by atoms with Crippen molar-refractivity contribution in [1.29, 1.82) is 0 Å². The smallest absolute Gasteiger partial charge is 0.412 e. The van der Waals surface area contributed by atoms with Gasteiger partial charge in [-0.05, 0) is 24.3 Å². The quantitative estimate of drug-likeness (QED) is 0.772.